The third-order valence-corrected chi connectivity index (χ3v) is 2.68. The second-order valence-corrected chi connectivity index (χ2v) is 4.19. The van der Waals surface area contributed by atoms with E-state index in [9.17, 15) is 0 Å². The lowest BCUT2D eigenvalue weighted by atomic mass is 10.1. The third kappa shape index (κ3) is 3.52. The average molecular weight is 263 g/mol. The first kappa shape index (κ1) is 13.0. The van der Waals surface area contributed by atoms with Crippen LogP contribution < -0.4 is 0 Å². The Morgan fingerprint density at radius 2 is 1.94 bits per heavy atom. The monoisotopic (exact) mass is 262 g/mol. The van der Waals surface area contributed by atoms with Gasteiger partial charge >= 0.3 is 0 Å². The summed E-state index contributed by atoms with van der Waals surface area (Å²) in [5.41, 5.74) is 1.89. The van der Waals surface area contributed by atoms with Crippen molar-refractivity contribution in [2.75, 3.05) is 13.2 Å². The first-order valence-corrected chi connectivity index (χ1v) is 6.34. The van der Waals surface area contributed by atoms with Gasteiger partial charge in [0.1, 0.15) is 11.0 Å². The molecule has 0 spiro atoms. The number of aromatic nitrogens is 2. The number of halogens is 1. The Kier molecular flexibility index (Phi) is 4.67. The van der Waals surface area contributed by atoms with Gasteiger partial charge in [-0.15, -0.1) is 0 Å². The van der Waals surface area contributed by atoms with Gasteiger partial charge in [0.05, 0.1) is 12.3 Å². The highest BCUT2D eigenvalue weighted by atomic mass is 35.5. The van der Waals surface area contributed by atoms with E-state index >= 15 is 0 Å². The Morgan fingerprint density at radius 1 is 1.17 bits per heavy atom. The molecule has 0 amide bonds. The highest BCUT2D eigenvalue weighted by Crippen LogP contribution is 2.19. The minimum Gasteiger partial charge on any atom is -0.381 e. The summed E-state index contributed by atoms with van der Waals surface area (Å²) < 4.78 is 5.30. The molecule has 4 heteroatoms. The first-order valence-electron chi connectivity index (χ1n) is 5.96. The molecule has 0 aliphatic rings. The van der Waals surface area contributed by atoms with Gasteiger partial charge in [-0.05, 0) is 6.92 Å². The topological polar surface area (TPSA) is 35.0 Å². The molecule has 1 aromatic heterocycles. The number of hydrogen-bond acceptors (Lipinski definition) is 3. The molecule has 18 heavy (non-hydrogen) atoms. The highest BCUT2D eigenvalue weighted by Gasteiger charge is 2.05. The van der Waals surface area contributed by atoms with E-state index in [0.717, 1.165) is 17.1 Å². The second kappa shape index (κ2) is 6.47. The maximum absolute atomic E-state index is 6.02. The molecule has 0 atom stereocenters. The number of ether oxygens (including phenoxy) is 1. The summed E-state index contributed by atoms with van der Waals surface area (Å²) >= 11 is 6.02. The normalized spacial score (nSPS) is 10.6. The Hall–Kier alpha value is -1.45. The molecule has 0 aliphatic carbocycles. The molecule has 94 valence electrons. The predicted octanol–water partition coefficient (Wildman–Crippen LogP) is 3.38. The number of rotatable bonds is 5. The Labute approximate surface area is 112 Å². The maximum atomic E-state index is 6.02. The lowest BCUT2D eigenvalue weighted by Gasteiger charge is -2.05. The van der Waals surface area contributed by atoms with Crippen molar-refractivity contribution < 1.29 is 4.74 Å². The van der Waals surface area contributed by atoms with E-state index in [1.54, 1.807) is 6.07 Å². The van der Waals surface area contributed by atoms with Gasteiger partial charge < -0.3 is 4.74 Å². The summed E-state index contributed by atoms with van der Waals surface area (Å²) in [4.78, 5) is 8.71. The number of nitrogens with zero attached hydrogens (tertiary/aromatic N) is 2. The molecule has 0 saturated heterocycles. The van der Waals surface area contributed by atoms with Gasteiger partial charge in [-0.25, -0.2) is 9.97 Å². The van der Waals surface area contributed by atoms with E-state index in [2.05, 4.69) is 9.97 Å². The summed E-state index contributed by atoms with van der Waals surface area (Å²) in [7, 11) is 0. The zero-order chi connectivity index (χ0) is 12.8. The van der Waals surface area contributed by atoms with Crippen molar-refractivity contribution in [3.63, 3.8) is 0 Å². The molecule has 0 unspecified atom stereocenters. The van der Waals surface area contributed by atoms with Crippen molar-refractivity contribution >= 4 is 11.6 Å². The molecular weight excluding hydrogens is 248 g/mol. The molecule has 0 saturated carbocycles. The quantitative estimate of drug-likeness (QED) is 0.612. The van der Waals surface area contributed by atoms with Crippen molar-refractivity contribution in [3.05, 3.63) is 47.4 Å². The summed E-state index contributed by atoms with van der Waals surface area (Å²) in [5.74, 6) is 0.717. The lowest BCUT2D eigenvalue weighted by molar-refractivity contribution is 0.149. The molecule has 2 aromatic rings. The van der Waals surface area contributed by atoms with Crippen LogP contribution in [0.15, 0.2) is 36.4 Å². The van der Waals surface area contributed by atoms with Crippen LogP contribution in [0.3, 0.4) is 0 Å². The SMILES string of the molecule is CCOCCc1nc(Cl)cc(-c2ccccc2)n1. The second-order valence-electron chi connectivity index (χ2n) is 3.81. The molecule has 0 fully saturated rings. The van der Waals surface area contributed by atoms with Crippen molar-refractivity contribution in [2.24, 2.45) is 0 Å². The number of benzene rings is 1. The summed E-state index contributed by atoms with van der Waals surface area (Å²) in [6, 6.07) is 11.7. The molecule has 1 aromatic carbocycles. The predicted molar refractivity (Wildman–Crippen MR) is 72.7 cm³/mol. The van der Waals surface area contributed by atoms with Crippen LogP contribution in [-0.2, 0) is 11.2 Å². The minimum absolute atomic E-state index is 0.468. The zero-order valence-electron chi connectivity index (χ0n) is 10.3. The number of hydrogen-bond donors (Lipinski definition) is 0. The Bertz CT molecular complexity index is 502. The fraction of sp³-hybridized carbons (Fsp3) is 0.286. The Balaban J connectivity index is 2.21. The molecule has 0 aliphatic heterocycles. The zero-order valence-corrected chi connectivity index (χ0v) is 11.0. The van der Waals surface area contributed by atoms with Crippen molar-refractivity contribution in [1.82, 2.24) is 9.97 Å². The van der Waals surface area contributed by atoms with Crippen LogP contribution in [0.4, 0.5) is 0 Å². The summed E-state index contributed by atoms with van der Waals surface area (Å²) in [6.45, 7) is 3.28. The Morgan fingerprint density at radius 3 is 2.67 bits per heavy atom. The van der Waals surface area contributed by atoms with Crippen LogP contribution in [0, 0.1) is 0 Å². The third-order valence-electron chi connectivity index (χ3n) is 2.48. The van der Waals surface area contributed by atoms with E-state index in [1.807, 2.05) is 37.3 Å². The van der Waals surface area contributed by atoms with Gasteiger partial charge in [0.15, 0.2) is 0 Å². The van der Waals surface area contributed by atoms with Crippen LogP contribution in [0.5, 0.6) is 0 Å². The molecule has 0 N–H and O–H groups in total. The first-order chi connectivity index (χ1) is 8.79. The van der Waals surface area contributed by atoms with Crippen LogP contribution in [0.2, 0.25) is 5.15 Å². The van der Waals surface area contributed by atoms with E-state index in [0.29, 0.717) is 24.8 Å². The largest absolute Gasteiger partial charge is 0.381 e. The molecular formula is C14H15ClN2O. The van der Waals surface area contributed by atoms with Crippen molar-refractivity contribution in [2.45, 2.75) is 13.3 Å². The highest BCUT2D eigenvalue weighted by molar-refractivity contribution is 6.29. The van der Waals surface area contributed by atoms with Gasteiger partial charge in [0.25, 0.3) is 0 Å². The van der Waals surface area contributed by atoms with E-state index < -0.39 is 0 Å². The average Bonchev–Trinajstić information content (AvgIpc) is 2.39. The molecule has 1 heterocycles. The fourth-order valence-electron chi connectivity index (χ4n) is 1.64. The van der Waals surface area contributed by atoms with Crippen molar-refractivity contribution in [1.29, 1.82) is 0 Å². The standard InChI is InChI=1S/C14H15ClN2O/c1-2-18-9-8-14-16-12(10-13(15)17-14)11-6-4-3-5-7-11/h3-7,10H,2,8-9H2,1H3. The van der Waals surface area contributed by atoms with Gasteiger partial charge in [0.2, 0.25) is 0 Å². The van der Waals surface area contributed by atoms with E-state index in [4.69, 9.17) is 16.3 Å². The molecule has 3 nitrogen and oxygen atoms in total. The lowest BCUT2D eigenvalue weighted by Crippen LogP contribution is -2.03. The molecule has 0 radical (unpaired) electrons. The van der Waals surface area contributed by atoms with Gasteiger partial charge in [-0.2, -0.15) is 0 Å². The summed E-state index contributed by atoms with van der Waals surface area (Å²) in [5, 5.41) is 0.468. The van der Waals surface area contributed by atoms with Crippen molar-refractivity contribution in [3.8, 4) is 11.3 Å². The fourth-order valence-corrected chi connectivity index (χ4v) is 1.84. The van der Waals surface area contributed by atoms with Crippen LogP contribution >= 0.6 is 11.6 Å². The minimum atomic E-state index is 0.468. The van der Waals surface area contributed by atoms with E-state index in [-0.39, 0.29) is 0 Å². The van der Waals surface area contributed by atoms with E-state index in [1.165, 1.54) is 0 Å². The van der Waals surface area contributed by atoms with Crippen LogP contribution in [-0.4, -0.2) is 23.2 Å². The van der Waals surface area contributed by atoms with Crippen LogP contribution in [0.1, 0.15) is 12.7 Å². The summed E-state index contributed by atoms with van der Waals surface area (Å²) in [6.07, 6.45) is 0.675. The molecule has 2 rings (SSSR count). The van der Waals surface area contributed by atoms with Crippen LogP contribution in [0.25, 0.3) is 11.3 Å². The van der Waals surface area contributed by atoms with Gasteiger partial charge in [-0.1, -0.05) is 41.9 Å². The van der Waals surface area contributed by atoms with Gasteiger partial charge in [-0.3, -0.25) is 0 Å². The maximum Gasteiger partial charge on any atom is 0.133 e. The smallest absolute Gasteiger partial charge is 0.133 e. The molecule has 0 bridgehead atoms. The van der Waals surface area contributed by atoms with Gasteiger partial charge in [0, 0.05) is 24.7 Å².